The van der Waals surface area contributed by atoms with Crippen molar-refractivity contribution in [3.05, 3.63) is 30.1 Å². The van der Waals surface area contributed by atoms with Crippen LogP contribution in [-0.4, -0.2) is 42.1 Å². The van der Waals surface area contributed by atoms with Crippen molar-refractivity contribution in [3.63, 3.8) is 0 Å². The summed E-state index contributed by atoms with van der Waals surface area (Å²) in [6.07, 6.45) is 6.16. The van der Waals surface area contributed by atoms with Crippen molar-refractivity contribution in [2.75, 3.05) is 20.1 Å². The van der Waals surface area contributed by atoms with Crippen molar-refractivity contribution in [2.24, 2.45) is 5.92 Å². The molecule has 3 heteroatoms. The average Bonchev–Trinajstić information content (AvgIpc) is 2.42. The lowest BCUT2D eigenvalue weighted by atomic mass is 9.87. The Labute approximate surface area is 111 Å². The summed E-state index contributed by atoms with van der Waals surface area (Å²) < 4.78 is 0. The second-order valence-corrected chi connectivity index (χ2v) is 5.42. The first-order chi connectivity index (χ1) is 8.72. The number of pyridine rings is 1. The van der Waals surface area contributed by atoms with E-state index in [4.69, 9.17) is 0 Å². The van der Waals surface area contributed by atoms with Crippen molar-refractivity contribution in [2.45, 2.75) is 38.8 Å². The van der Waals surface area contributed by atoms with E-state index < -0.39 is 0 Å². The predicted octanol–water partition coefficient (Wildman–Crippen LogP) is 1.94. The fourth-order valence-electron chi connectivity index (χ4n) is 2.98. The number of hydrogen-bond acceptors (Lipinski definition) is 3. The molecule has 0 aromatic carbocycles. The van der Waals surface area contributed by atoms with E-state index in [0.29, 0.717) is 12.1 Å². The summed E-state index contributed by atoms with van der Waals surface area (Å²) in [6.45, 7) is 7.10. The monoisotopic (exact) mass is 247 g/mol. The first-order valence-electron chi connectivity index (χ1n) is 7.02. The van der Waals surface area contributed by atoms with Gasteiger partial charge < -0.3 is 5.32 Å². The molecule has 3 atom stereocenters. The van der Waals surface area contributed by atoms with Crippen LogP contribution in [0, 0.1) is 5.92 Å². The maximum Gasteiger partial charge on any atom is 0.0270 e. The van der Waals surface area contributed by atoms with Gasteiger partial charge in [-0.2, -0.15) is 0 Å². The normalized spacial score (nSPS) is 29.4. The Morgan fingerprint density at radius 3 is 2.72 bits per heavy atom. The molecule has 3 nitrogen and oxygen atoms in total. The van der Waals surface area contributed by atoms with E-state index in [0.717, 1.165) is 18.9 Å². The van der Waals surface area contributed by atoms with Crippen molar-refractivity contribution in [1.82, 2.24) is 15.2 Å². The van der Waals surface area contributed by atoms with Gasteiger partial charge in [0.25, 0.3) is 0 Å². The molecule has 1 saturated heterocycles. The molecular weight excluding hydrogens is 222 g/mol. The molecule has 0 bridgehead atoms. The van der Waals surface area contributed by atoms with Crippen LogP contribution in [0.4, 0.5) is 0 Å². The highest BCUT2D eigenvalue weighted by atomic mass is 15.2. The molecule has 1 aliphatic heterocycles. The van der Waals surface area contributed by atoms with Crippen LogP contribution in [0.5, 0.6) is 0 Å². The van der Waals surface area contributed by atoms with E-state index in [1.807, 2.05) is 12.4 Å². The molecule has 1 aromatic rings. The Bertz CT molecular complexity index is 352. The van der Waals surface area contributed by atoms with Gasteiger partial charge in [0.1, 0.15) is 0 Å². The summed E-state index contributed by atoms with van der Waals surface area (Å²) in [4.78, 5) is 6.69. The molecule has 2 rings (SSSR count). The third kappa shape index (κ3) is 3.09. The van der Waals surface area contributed by atoms with Crippen LogP contribution < -0.4 is 5.32 Å². The van der Waals surface area contributed by atoms with Crippen LogP contribution >= 0.6 is 0 Å². The van der Waals surface area contributed by atoms with Gasteiger partial charge in [-0.15, -0.1) is 0 Å². The van der Waals surface area contributed by atoms with E-state index in [1.165, 1.54) is 18.5 Å². The maximum absolute atomic E-state index is 4.07. The Hall–Kier alpha value is -0.930. The number of aromatic nitrogens is 1. The van der Waals surface area contributed by atoms with Crippen molar-refractivity contribution >= 4 is 0 Å². The summed E-state index contributed by atoms with van der Waals surface area (Å²) >= 11 is 0. The molecule has 1 N–H and O–H groups in total. The van der Waals surface area contributed by atoms with E-state index in [-0.39, 0.29) is 0 Å². The van der Waals surface area contributed by atoms with E-state index in [1.54, 1.807) is 0 Å². The second kappa shape index (κ2) is 6.30. The van der Waals surface area contributed by atoms with Gasteiger partial charge in [0.2, 0.25) is 0 Å². The molecule has 18 heavy (non-hydrogen) atoms. The first-order valence-corrected chi connectivity index (χ1v) is 7.02. The van der Waals surface area contributed by atoms with Gasteiger partial charge in [-0.1, -0.05) is 6.92 Å². The van der Waals surface area contributed by atoms with Gasteiger partial charge in [-0.25, -0.2) is 0 Å². The van der Waals surface area contributed by atoms with Gasteiger partial charge in [-0.3, -0.25) is 9.88 Å². The van der Waals surface area contributed by atoms with Crippen molar-refractivity contribution in [3.8, 4) is 0 Å². The standard InChI is InChI=1S/C15H25N3/c1-12-13(2)18(11-7-15(12)16-3)10-6-14-4-8-17-9-5-14/h4-5,8-9,12-13,15-16H,6-7,10-11H2,1-3H3. The highest BCUT2D eigenvalue weighted by Gasteiger charge is 2.30. The lowest BCUT2D eigenvalue weighted by Crippen LogP contribution is -2.53. The number of hydrogen-bond donors (Lipinski definition) is 1. The van der Waals surface area contributed by atoms with Gasteiger partial charge in [0.15, 0.2) is 0 Å². The molecule has 1 aromatic heterocycles. The van der Waals surface area contributed by atoms with Crippen LogP contribution in [0.3, 0.4) is 0 Å². The fraction of sp³-hybridized carbons (Fsp3) is 0.667. The quantitative estimate of drug-likeness (QED) is 0.881. The van der Waals surface area contributed by atoms with E-state index >= 15 is 0 Å². The fourth-order valence-corrected chi connectivity index (χ4v) is 2.98. The molecule has 0 radical (unpaired) electrons. The highest BCUT2D eigenvalue weighted by molar-refractivity contribution is 5.10. The zero-order chi connectivity index (χ0) is 13.0. The lowest BCUT2D eigenvalue weighted by molar-refractivity contribution is 0.0889. The zero-order valence-corrected chi connectivity index (χ0v) is 11.8. The third-order valence-electron chi connectivity index (χ3n) is 4.51. The minimum absolute atomic E-state index is 0.665. The van der Waals surface area contributed by atoms with Gasteiger partial charge >= 0.3 is 0 Å². The predicted molar refractivity (Wildman–Crippen MR) is 75.6 cm³/mol. The minimum atomic E-state index is 0.665. The maximum atomic E-state index is 4.07. The Morgan fingerprint density at radius 2 is 2.06 bits per heavy atom. The van der Waals surface area contributed by atoms with Crippen LogP contribution in [-0.2, 0) is 6.42 Å². The van der Waals surface area contributed by atoms with Crippen LogP contribution in [0.15, 0.2) is 24.5 Å². The summed E-state index contributed by atoms with van der Waals surface area (Å²) in [6, 6.07) is 5.58. The number of nitrogens with one attached hydrogen (secondary N) is 1. The average molecular weight is 247 g/mol. The molecular formula is C15H25N3. The summed E-state index contributed by atoms with van der Waals surface area (Å²) in [5.41, 5.74) is 1.39. The van der Waals surface area contributed by atoms with Gasteiger partial charge in [-0.05, 0) is 57.0 Å². The lowest BCUT2D eigenvalue weighted by Gasteiger charge is -2.42. The van der Waals surface area contributed by atoms with E-state index in [2.05, 4.69) is 48.2 Å². The second-order valence-electron chi connectivity index (χ2n) is 5.42. The molecule has 0 aliphatic carbocycles. The molecule has 2 heterocycles. The number of piperidine rings is 1. The molecule has 0 amide bonds. The summed E-state index contributed by atoms with van der Waals surface area (Å²) in [5, 5.41) is 3.44. The summed E-state index contributed by atoms with van der Waals surface area (Å²) in [5.74, 6) is 0.723. The molecule has 100 valence electrons. The van der Waals surface area contributed by atoms with E-state index in [9.17, 15) is 0 Å². The smallest absolute Gasteiger partial charge is 0.0270 e. The Balaban J connectivity index is 1.87. The zero-order valence-electron chi connectivity index (χ0n) is 11.8. The summed E-state index contributed by atoms with van der Waals surface area (Å²) in [7, 11) is 2.08. The molecule has 0 spiro atoms. The van der Waals surface area contributed by atoms with Gasteiger partial charge in [0, 0.05) is 31.0 Å². The minimum Gasteiger partial charge on any atom is -0.317 e. The van der Waals surface area contributed by atoms with Crippen LogP contribution in [0.25, 0.3) is 0 Å². The molecule has 0 saturated carbocycles. The van der Waals surface area contributed by atoms with Crippen molar-refractivity contribution in [1.29, 1.82) is 0 Å². The van der Waals surface area contributed by atoms with Crippen molar-refractivity contribution < 1.29 is 0 Å². The SMILES string of the molecule is CNC1CCN(CCc2ccncc2)C(C)C1C. The molecule has 1 fully saturated rings. The topological polar surface area (TPSA) is 28.2 Å². The Kier molecular flexibility index (Phi) is 4.72. The molecule has 1 aliphatic rings. The van der Waals surface area contributed by atoms with Crippen LogP contribution in [0.1, 0.15) is 25.8 Å². The highest BCUT2D eigenvalue weighted by Crippen LogP contribution is 2.23. The van der Waals surface area contributed by atoms with Crippen LogP contribution in [0.2, 0.25) is 0 Å². The number of likely N-dealkylation sites (tertiary alicyclic amines) is 1. The number of nitrogens with zero attached hydrogens (tertiary/aromatic N) is 2. The van der Waals surface area contributed by atoms with Gasteiger partial charge in [0.05, 0.1) is 0 Å². The first kappa shape index (κ1) is 13.5. The molecule has 3 unspecified atom stereocenters. The Morgan fingerprint density at radius 1 is 1.33 bits per heavy atom. The largest absolute Gasteiger partial charge is 0.317 e. The number of rotatable bonds is 4. The third-order valence-corrected chi connectivity index (χ3v) is 4.51.